The predicted octanol–water partition coefficient (Wildman–Crippen LogP) is 4.91. The number of fused-ring (bicyclic) bond motifs is 4. The second kappa shape index (κ2) is 7.72. The van der Waals surface area contributed by atoms with Crippen LogP contribution in [0.2, 0.25) is 0 Å². The van der Waals surface area contributed by atoms with Crippen molar-refractivity contribution in [1.82, 2.24) is 0 Å². The van der Waals surface area contributed by atoms with Crippen molar-refractivity contribution in [2.75, 3.05) is 20.3 Å². The van der Waals surface area contributed by atoms with Gasteiger partial charge >= 0.3 is 6.48 Å². The molecule has 0 aromatic heterocycles. The fourth-order valence-corrected chi connectivity index (χ4v) is 4.59. The lowest BCUT2D eigenvalue weighted by Crippen LogP contribution is -2.38. The van der Waals surface area contributed by atoms with E-state index in [9.17, 15) is 0 Å². The Morgan fingerprint density at radius 3 is 2.41 bits per heavy atom. The average Bonchev–Trinajstić information content (AvgIpc) is 3.14. The number of rotatable bonds is 7. The van der Waals surface area contributed by atoms with E-state index >= 15 is 0 Å². The Bertz CT molecular complexity index is 814. The summed E-state index contributed by atoms with van der Waals surface area (Å²) in [6, 6.07) is 12.1. The van der Waals surface area contributed by atoms with E-state index in [1.807, 2.05) is 24.3 Å². The van der Waals surface area contributed by atoms with Gasteiger partial charge in [0.15, 0.2) is 11.5 Å². The third-order valence-corrected chi connectivity index (χ3v) is 5.72. The van der Waals surface area contributed by atoms with E-state index in [0.29, 0.717) is 24.7 Å². The van der Waals surface area contributed by atoms with Crippen LogP contribution in [0.5, 0.6) is 11.5 Å². The number of ether oxygens (including phenoxy) is 5. The molecule has 2 aromatic carbocycles. The minimum absolute atomic E-state index is 0.595. The van der Waals surface area contributed by atoms with E-state index < -0.39 is 12.3 Å². The van der Waals surface area contributed by atoms with Gasteiger partial charge in [-0.25, -0.2) is 0 Å². The second-order valence-corrected chi connectivity index (χ2v) is 7.49. The standard InChI is InChI=1S/C21H24O5S/c1-4-12-23-21(24-13-5-2)14-8-6-7-9-17(14)27-19-15(21)10-11-16-18(19)26-20(22-3)25-16/h6-11,20H,4-5,12-13H2,1-3H3. The number of benzene rings is 2. The summed E-state index contributed by atoms with van der Waals surface area (Å²) in [7, 11) is 1.56. The van der Waals surface area contributed by atoms with Gasteiger partial charge in [0.05, 0.1) is 18.1 Å². The SMILES string of the molecule is CCCOC1(OCCC)c2ccccc2Sc2c1ccc1c2OC(OC)O1. The number of hydrogen-bond donors (Lipinski definition) is 0. The Labute approximate surface area is 163 Å². The Morgan fingerprint density at radius 2 is 1.70 bits per heavy atom. The monoisotopic (exact) mass is 388 g/mol. The first-order valence-corrected chi connectivity index (χ1v) is 10.1. The van der Waals surface area contributed by atoms with Crippen molar-refractivity contribution in [3.05, 3.63) is 47.5 Å². The van der Waals surface area contributed by atoms with E-state index in [1.54, 1.807) is 18.9 Å². The Morgan fingerprint density at radius 1 is 0.963 bits per heavy atom. The first-order chi connectivity index (χ1) is 13.2. The summed E-state index contributed by atoms with van der Waals surface area (Å²) in [6.07, 6.45) is 1.80. The summed E-state index contributed by atoms with van der Waals surface area (Å²) in [4.78, 5) is 2.05. The summed E-state index contributed by atoms with van der Waals surface area (Å²) < 4.78 is 29.7. The molecule has 144 valence electrons. The van der Waals surface area contributed by atoms with Gasteiger partial charge in [0.1, 0.15) is 0 Å². The van der Waals surface area contributed by atoms with Crippen molar-refractivity contribution in [1.29, 1.82) is 0 Å². The number of methoxy groups -OCH3 is 1. The average molecular weight is 388 g/mol. The van der Waals surface area contributed by atoms with Crippen LogP contribution in [0.1, 0.15) is 37.8 Å². The maximum atomic E-state index is 6.42. The predicted molar refractivity (Wildman–Crippen MR) is 102 cm³/mol. The fourth-order valence-electron chi connectivity index (χ4n) is 3.36. The van der Waals surface area contributed by atoms with Gasteiger partial charge in [0.2, 0.25) is 5.79 Å². The smallest absolute Gasteiger partial charge is 0.360 e. The largest absolute Gasteiger partial charge is 0.428 e. The van der Waals surface area contributed by atoms with E-state index in [0.717, 1.165) is 33.8 Å². The molecule has 1 atom stereocenters. The first-order valence-electron chi connectivity index (χ1n) is 9.32. The highest BCUT2D eigenvalue weighted by Crippen LogP contribution is 2.57. The molecule has 0 saturated heterocycles. The van der Waals surface area contributed by atoms with Gasteiger partial charge in [0, 0.05) is 23.1 Å². The molecule has 6 heteroatoms. The molecule has 0 N–H and O–H groups in total. The van der Waals surface area contributed by atoms with Crippen LogP contribution in [0.15, 0.2) is 46.2 Å². The Balaban J connectivity index is 1.89. The summed E-state index contributed by atoms with van der Waals surface area (Å²) in [6.45, 7) is 4.66. The van der Waals surface area contributed by atoms with E-state index in [4.69, 9.17) is 23.7 Å². The highest BCUT2D eigenvalue weighted by Gasteiger charge is 2.46. The summed E-state index contributed by atoms with van der Waals surface area (Å²) in [5.74, 6) is 0.406. The molecule has 2 aliphatic heterocycles. The van der Waals surface area contributed by atoms with Crippen LogP contribution in [0.25, 0.3) is 0 Å². The molecule has 0 bridgehead atoms. The lowest BCUT2D eigenvalue weighted by Gasteiger charge is -2.40. The zero-order valence-corrected chi connectivity index (χ0v) is 16.6. The molecule has 2 heterocycles. The van der Waals surface area contributed by atoms with Crippen molar-refractivity contribution in [3.63, 3.8) is 0 Å². The maximum absolute atomic E-state index is 6.42. The normalized spacial score (nSPS) is 18.9. The van der Waals surface area contributed by atoms with E-state index in [1.165, 1.54) is 0 Å². The van der Waals surface area contributed by atoms with Gasteiger partial charge < -0.3 is 23.7 Å². The zero-order chi connectivity index (χ0) is 18.9. The van der Waals surface area contributed by atoms with Crippen LogP contribution in [0.4, 0.5) is 0 Å². The van der Waals surface area contributed by atoms with Gasteiger partial charge in [-0.3, -0.25) is 0 Å². The van der Waals surface area contributed by atoms with Crippen LogP contribution in [0, 0.1) is 0 Å². The molecular formula is C21H24O5S. The number of hydrogen-bond acceptors (Lipinski definition) is 6. The van der Waals surface area contributed by atoms with Gasteiger partial charge in [0.25, 0.3) is 0 Å². The summed E-state index contributed by atoms with van der Waals surface area (Å²) in [5.41, 5.74) is 1.98. The van der Waals surface area contributed by atoms with Gasteiger partial charge in [-0.2, -0.15) is 0 Å². The Hall–Kier alpha value is -1.73. The van der Waals surface area contributed by atoms with E-state index in [2.05, 4.69) is 26.0 Å². The molecular weight excluding hydrogens is 364 g/mol. The summed E-state index contributed by atoms with van der Waals surface area (Å²) in [5, 5.41) is 0. The van der Waals surface area contributed by atoms with Crippen molar-refractivity contribution < 1.29 is 23.7 Å². The minimum atomic E-state index is -0.952. The lowest BCUT2D eigenvalue weighted by atomic mass is 9.95. The van der Waals surface area contributed by atoms with Crippen LogP contribution in [-0.2, 0) is 20.0 Å². The van der Waals surface area contributed by atoms with Crippen molar-refractivity contribution >= 4 is 11.8 Å². The van der Waals surface area contributed by atoms with Gasteiger partial charge in [-0.1, -0.05) is 43.8 Å². The lowest BCUT2D eigenvalue weighted by molar-refractivity contribution is -0.221. The molecule has 1 unspecified atom stereocenters. The van der Waals surface area contributed by atoms with Gasteiger partial charge in [-0.05, 0) is 31.0 Å². The van der Waals surface area contributed by atoms with Crippen LogP contribution >= 0.6 is 11.8 Å². The van der Waals surface area contributed by atoms with Crippen molar-refractivity contribution in [3.8, 4) is 11.5 Å². The minimum Gasteiger partial charge on any atom is -0.428 e. The molecule has 0 radical (unpaired) electrons. The molecule has 0 amide bonds. The molecule has 0 aliphatic carbocycles. The van der Waals surface area contributed by atoms with Gasteiger partial charge in [-0.15, -0.1) is 0 Å². The van der Waals surface area contributed by atoms with E-state index in [-0.39, 0.29) is 0 Å². The maximum Gasteiger partial charge on any atom is 0.360 e. The Kier molecular flexibility index (Phi) is 5.32. The summed E-state index contributed by atoms with van der Waals surface area (Å²) >= 11 is 1.65. The third-order valence-electron chi connectivity index (χ3n) is 4.53. The molecule has 0 fully saturated rings. The molecule has 27 heavy (non-hydrogen) atoms. The fraction of sp³-hybridized carbons (Fsp3) is 0.429. The quantitative estimate of drug-likeness (QED) is 0.628. The van der Waals surface area contributed by atoms with Crippen LogP contribution < -0.4 is 9.47 Å². The molecule has 0 saturated carbocycles. The third kappa shape index (κ3) is 3.10. The van der Waals surface area contributed by atoms with Crippen molar-refractivity contribution in [2.24, 2.45) is 0 Å². The van der Waals surface area contributed by atoms with Crippen LogP contribution in [0.3, 0.4) is 0 Å². The molecule has 2 aromatic rings. The molecule has 5 nitrogen and oxygen atoms in total. The molecule has 4 rings (SSSR count). The van der Waals surface area contributed by atoms with Crippen LogP contribution in [-0.4, -0.2) is 26.8 Å². The van der Waals surface area contributed by atoms with Crippen molar-refractivity contribution in [2.45, 2.75) is 48.7 Å². The highest BCUT2D eigenvalue weighted by molar-refractivity contribution is 7.99. The molecule has 0 spiro atoms. The zero-order valence-electron chi connectivity index (χ0n) is 15.8. The second-order valence-electron chi connectivity index (χ2n) is 6.44. The molecule has 2 aliphatic rings. The first kappa shape index (κ1) is 18.6. The topological polar surface area (TPSA) is 46.2 Å². The highest BCUT2D eigenvalue weighted by atomic mass is 32.2.